The van der Waals surface area contributed by atoms with Gasteiger partial charge in [0, 0.05) is 19.3 Å². The van der Waals surface area contributed by atoms with E-state index in [2.05, 4.69) is 15.3 Å². The zero-order valence-electron chi connectivity index (χ0n) is 6.79. The molecule has 0 spiro atoms. The van der Waals surface area contributed by atoms with Crippen LogP contribution in [0.25, 0.3) is 0 Å². The molecule has 1 rings (SSSR count). The largest absolute Gasteiger partial charge is 0.378 e. The summed E-state index contributed by atoms with van der Waals surface area (Å²) in [5.74, 6) is 0. The summed E-state index contributed by atoms with van der Waals surface area (Å²) >= 11 is 0. The van der Waals surface area contributed by atoms with Crippen molar-refractivity contribution in [1.29, 1.82) is 0 Å². The Hall–Kier alpha value is -1.08. The first-order valence-electron chi connectivity index (χ1n) is 3.50. The lowest BCUT2D eigenvalue weighted by atomic mass is 10.5. The minimum Gasteiger partial charge on any atom is -0.378 e. The lowest BCUT2D eigenvalue weighted by Gasteiger charge is -2.00. The molecule has 0 aromatic carbocycles. The molecule has 13 heavy (non-hydrogen) atoms. The highest BCUT2D eigenvalue weighted by atomic mass is 79.9. The number of hydrogen-bond acceptors (Lipinski definition) is 4. The fourth-order valence-electron chi connectivity index (χ4n) is 0.748. The number of hydrogen-bond donors (Lipinski definition) is 4. The summed E-state index contributed by atoms with van der Waals surface area (Å²) in [6.45, 7) is 0.924. The van der Waals surface area contributed by atoms with Gasteiger partial charge >= 0.3 is 5.69 Å². The summed E-state index contributed by atoms with van der Waals surface area (Å²) in [6.07, 6.45) is 1.32. The fraction of sp³-hybridized carbons (Fsp3) is 0.333. The van der Waals surface area contributed by atoms with Crippen LogP contribution in [0.5, 0.6) is 0 Å². The van der Waals surface area contributed by atoms with Crippen molar-refractivity contribution in [2.45, 2.75) is 0 Å². The Labute approximate surface area is 84.3 Å². The highest BCUT2D eigenvalue weighted by molar-refractivity contribution is 8.93. The Balaban J connectivity index is 0.00000144. The van der Waals surface area contributed by atoms with Crippen molar-refractivity contribution < 1.29 is 0 Å². The van der Waals surface area contributed by atoms with Gasteiger partial charge in [-0.2, -0.15) is 0 Å². The zero-order chi connectivity index (χ0) is 8.97. The van der Waals surface area contributed by atoms with E-state index in [-0.39, 0.29) is 17.0 Å². The van der Waals surface area contributed by atoms with Crippen LogP contribution in [-0.2, 0) is 0 Å². The number of nitrogens with one attached hydrogen (secondary N) is 3. The van der Waals surface area contributed by atoms with Gasteiger partial charge in [-0.15, -0.1) is 17.0 Å². The van der Waals surface area contributed by atoms with Crippen molar-refractivity contribution in [3.63, 3.8) is 0 Å². The molecule has 0 aliphatic rings. The minimum atomic E-state index is -0.515. The number of nitrogens with two attached hydrogens (primary N) is 1. The quantitative estimate of drug-likeness (QED) is 0.553. The molecule has 6 nitrogen and oxygen atoms in total. The van der Waals surface area contributed by atoms with E-state index in [1.54, 1.807) is 0 Å². The van der Waals surface area contributed by atoms with Crippen LogP contribution >= 0.6 is 17.0 Å². The first-order valence-corrected chi connectivity index (χ1v) is 3.50. The molecule has 0 radical (unpaired) electrons. The maximum atomic E-state index is 11.0. The molecule has 1 aromatic heterocycles. The van der Waals surface area contributed by atoms with E-state index in [4.69, 9.17) is 5.73 Å². The van der Waals surface area contributed by atoms with Gasteiger partial charge in [0.05, 0.1) is 0 Å². The van der Waals surface area contributed by atoms with Crippen molar-refractivity contribution in [1.82, 2.24) is 9.97 Å². The molecule has 0 unspecified atom stereocenters. The predicted octanol–water partition coefficient (Wildman–Crippen LogP) is -0.988. The maximum Gasteiger partial charge on any atom is 0.325 e. The van der Waals surface area contributed by atoms with Crippen LogP contribution in [0.4, 0.5) is 5.69 Å². The summed E-state index contributed by atoms with van der Waals surface area (Å²) in [6, 6.07) is 0. The van der Waals surface area contributed by atoms with Gasteiger partial charge in [0.15, 0.2) is 0 Å². The Morgan fingerprint density at radius 1 is 1.46 bits per heavy atom. The molecule has 7 heteroatoms. The van der Waals surface area contributed by atoms with Crippen LogP contribution in [0.2, 0.25) is 0 Å². The van der Waals surface area contributed by atoms with Crippen molar-refractivity contribution in [2.75, 3.05) is 18.4 Å². The number of aromatic amines is 2. The number of anilines is 1. The third-order valence-electron chi connectivity index (χ3n) is 1.28. The number of rotatable bonds is 3. The molecular formula is C6H11BrN4O2. The van der Waals surface area contributed by atoms with E-state index in [0.29, 0.717) is 18.8 Å². The van der Waals surface area contributed by atoms with Gasteiger partial charge in [0.2, 0.25) is 0 Å². The summed E-state index contributed by atoms with van der Waals surface area (Å²) in [4.78, 5) is 25.9. The SMILES string of the molecule is Br.NCCNc1c[nH]c(=O)[nH]c1=O. The third-order valence-corrected chi connectivity index (χ3v) is 1.28. The van der Waals surface area contributed by atoms with Gasteiger partial charge in [0.25, 0.3) is 5.56 Å². The van der Waals surface area contributed by atoms with Gasteiger partial charge < -0.3 is 16.0 Å². The number of halogens is 1. The van der Waals surface area contributed by atoms with Crippen LogP contribution in [0.1, 0.15) is 0 Å². The highest BCUT2D eigenvalue weighted by Crippen LogP contribution is 1.88. The number of aromatic nitrogens is 2. The smallest absolute Gasteiger partial charge is 0.325 e. The maximum absolute atomic E-state index is 11.0. The van der Waals surface area contributed by atoms with Crippen molar-refractivity contribution in [3.05, 3.63) is 27.0 Å². The van der Waals surface area contributed by atoms with Crippen LogP contribution in [0.3, 0.4) is 0 Å². The second kappa shape index (κ2) is 5.55. The lowest BCUT2D eigenvalue weighted by molar-refractivity contribution is 0.987. The predicted molar refractivity (Wildman–Crippen MR) is 55.5 cm³/mol. The Morgan fingerprint density at radius 3 is 2.69 bits per heavy atom. The second-order valence-corrected chi connectivity index (χ2v) is 2.20. The minimum absolute atomic E-state index is 0. The Kier molecular flexibility index (Phi) is 5.09. The molecule has 0 bridgehead atoms. The van der Waals surface area contributed by atoms with Gasteiger partial charge in [-0.3, -0.25) is 9.78 Å². The van der Waals surface area contributed by atoms with Crippen LogP contribution < -0.4 is 22.3 Å². The molecule has 1 heterocycles. The van der Waals surface area contributed by atoms with Crippen molar-refractivity contribution in [2.24, 2.45) is 5.73 Å². The molecule has 0 aliphatic heterocycles. The fourth-order valence-corrected chi connectivity index (χ4v) is 0.748. The molecule has 0 aliphatic carbocycles. The topological polar surface area (TPSA) is 104 Å². The molecule has 1 aromatic rings. The summed E-state index contributed by atoms with van der Waals surface area (Å²) < 4.78 is 0. The lowest BCUT2D eigenvalue weighted by Crippen LogP contribution is -2.26. The van der Waals surface area contributed by atoms with E-state index in [1.165, 1.54) is 6.20 Å². The first kappa shape index (κ1) is 11.9. The molecule has 0 atom stereocenters. The van der Waals surface area contributed by atoms with Gasteiger partial charge in [-0.1, -0.05) is 0 Å². The molecule has 0 saturated heterocycles. The molecule has 0 amide bonds. The van der Waals surface area contributed by atoms with Gasteiger partial charge in [0.1, 0.15) is 5.69 Å². The number of H-pyrrole nitrogens is 2. The van der Waals surface area contributed by atoms with Crippen LogP contribution in [0, 0.1) is 0 Å². The van der Waals surface area contributed by atoms with E-state index in [1.807, 2.05) is 0 Å². The average Bonchev–Trinajstić information content (AvgIpc) is 2.03. The Morgan fingerprint density at radius 2 is 2.15 bits per heavy atom. The van der Waals surface area contributed by atoms with E-state index < -0.39 is 11.2 Å². The Bertz CT molecular complexity index is 358. The first-order chi connectivity index (χ1) is 5.74. The molecule has 0 fully saturated rings. The molecule has 74 valence electrons. The van der Waals surface area contributed by atoms with Crippen LogP contribution in [0.15, 0.2) is 15.8 Å². The van der Waals surface area contributed by atoms with E-state index >= 15 is 0 Å². The normalized spacial score (nSPS) is 9.00. The van der Waals surface area contributed by atoms with Gasteiger partial charge in [-0.05, 0) is 0 Å². The van der Waals surface area contributed by atoms with E-state index in [9.17, 15) is 9.59 Å². The summed E-state index contributed by atoms with van der Waals surface area (Å²) in [7, 11) is 0. The van der Waals surface area contributed by atoms with Gasteiger partial charge in [-0.25, -0.2) is 4.79 Å². The third kappa shape index (κ3) is 3.43. The van der Waals surface area contributed by atoms with E-state index in [0.717, 1.165) is 0 Å². The molecule has 5 N–H and O–H groups in total. The monoisotopic (exact) mass is 250 g/mol. The zero-order valence-corrected chi connectivity index (χ0v) is 8.51. The standard InChI is InChI=1S/C6H10N4O2.BrH/c7-1-2-8-4-3-9-6(12)10-5(4)11;/h3,8H,1-2,7H2,(H2,9,10,11,12);1H. The summed E-state index contributed by atoms with van der Waals surface area (Å²) in [5, 5.41) is 2.75. The molecular weight excluding hydrogens is 240 g/mol. The molecule has 0 saturated carbocycles. The van der Waals surface area contributed by atoms with Crippen molar-refractivity contribution >= 4 is 22.7 Å². The average molecular weight is 251 g/mol. The highest BCUT2D eigenvalue weighted by Gasteiger charge is 1.96. The summed E-state index contributed by atoms with van der Waals surface area (Å²) in [5.41, 5.74) is 4.58. The second-order valence-electron chi connectivity index (χ2n) is 2.20. The van der Waals surface area contributed by atoms with Crippen molar-refractivity contribution in [3.8, 4) is 0 Å². The van der Waals surface area contributed by atoms with Crippen LogP contribution in [-0.4, -0.2) is 23.1 Å².